The Morgan fingerprint density at radius 1 is 1.05 bits per heavy atom. The Morgan fingerprint density at radius 2 is 1.63 bits per heavy atom. The second kappa shape index (κ2) is 5.34. The summed E-state index contributed by atoms with van der Waals surface area (Å²) in [7, 11) is 2.55. The standard InChI is InChI=1S/C13H12N2O4/c1-18-12(16)9-5-8(11-14-3-4-15-11)6-10(7-9)13(17)19-2/h3-7H,1-2H3,(H,14,15). The van der Waals surface area contributed by atoms with E-state index in [4.69, 9.17) is 0 Å². The fourth-order valence-corrected chi connectivity index (χ4v) is 1.66. The number of methoxy groups -OCH3 is 2. The number of aromatic nitrogens is 2. The summed E-state index contributed by atoms with van der Waals surface area (Å²) in [5, 5.41) is 0. The van der Waals surface area contributed by atoms with Gasteiger partial charge in [0.25, 0.3) is 0 Å². The summed E-state index contributed by atoms with van der Waals surface area (Å²) in [5.41, 5.74) is 1.13. The molecule has 0 aliphatic rings. The van der Waals surface area contributed by atoms with Gasteiger partial charge in [0.15, 0.2) is 0 Å². The number of H-pyrrole nitrogens is 1. The lowest BCUT2D eigenvalue weighted by molar-refractivity contribution is 0.0599. The number of imidazole rings is 1. The molecule has 1 N–H and O–H groups in total. The molecule has 0 spiro atoms. The number of aromatic amines is 1. The number of nitrogens with one attached hydrogen (secondary N) is 1. The SMILES string of the molecule is COC(=O)c1cc(C(=O)OC)cc(-c2ncc[nH]2)c1. The highest BCUT2D eigenvalue weighted by Gasteiger charge is 2.15. The maximum Gasteiger partial charge on any atom is 0.337 e. The third-order valence-corrected chi connectivity index (χ3v) is 2.55. The zero-order valence-corrected chi connectivity index (χ0v) is 10.5. The van der Waals surface area contributed by atoms with E-state index in [1.54, 1.807) is 24.5 Å². The minimum absolute atomic E-state index is 0.261. The third-order valence-electron chi connectivity index (χ3n) is 2.55. The number of ether oxygens (including phenoxy) is 2. The monoisotopic (exact) mass is 260 g/mol. The van der Waals surface area contributed by atoms with Gasteiger partial charge in [0.2, 0.25) is 0 Å². The van der Waals surface area contributed by atoms with Crippen LogP contribution in [0.25, 0.3) is 11.4 Å². The first-order valence-electron chi connectivity index (χ1n) is 5.47. The van der Waals surface area contributed by atoms with Crippen molar-refractivity contribution in [1.82, 2.24) is 9.97 Å². The first kappa shape index (κ1) is 12.8. The summed E-state index contributed by atoms with van der Waals surface area (Å²) >= 11 is 0. The number of hydrogen-bond acceptors (Lipinski definition) is 5. The molecule has 0 radical (unpaired) electrons. The van der Waals surface area contributed by atoms with Gasteiger partial charge < -0.3 is 14.5 Å². The molecule has 0 unspecified atom stereocenters. The average molecular weight is 260 g/mol. The Balaban J connectivity index is 2.55. The second-order valence-corrected chi connectivity index (χ2v) is 3.72. The van der Waals surface area contributed by atoms with E-state index in [-0.39, 0.29) is 11.1 Å². The lowest BCUT2D eigenvalue weighted by Crippen LogP contribution is -2.07. The summed E-state index contributed by atoms with van der Waals surface area (Å²) < 4.78 is 9.31. The van der Waals surface area contributed by atoms with Gasteiger partial charge in [-0.1, -0.05) is 0 Å². The van der Waals surface area contributed by atoms with Gasteiger partial charge in [-0.2, -0.15) is 0 Å². The lowest BCUT2D eigenvalue weighted by Gasteiger charge is -2.06. The first-order valence-corrected chi connectivity index (χ1v) is 5.47. The molecule has 1 heterocycles. The molecule has 0 aliphatic heterocycles. The summed E-state index contributed by atoms with van der Waals surface area (Å²) in [5.74, 6) is -0.506. The molecule has 0 atom stereocenters. The van der Waals surface area contributed by atoms with Crippen molar-refractivity contribution in [2.75, 3.05) is 14.2 Å². The zero-order valence-electron chi connectivity index (χ0n) is 10.5. The second-order valence-electron chi connectivity index (χ2n) is 3.72. The molecule has 98 valence electrons. The molecule has 0 saturated heterocycles. The molecule has 0 amide bonds. The highest BCUT2D eigenvalue weighted by molar-refractivity contribution is 5.97. The van der Waals surface area contributed by atoms with Crippen molar-refractivity contribution in [1.29, 1.82) is 0 Å². The highest BCUT2D eigenvalue weighted by Crippen LogP contribution is 2.20. The number of benzene rings is 1. The van der Waals surface area contributed by atoms with Gasteiger partial charge in [0.05, 0.1) is 25.3 Å². The Labute approximate surface area is 109 Å². The van der Waals surface area contributed by atoms with Gasteiger partial charge in [0.1, 0.15) is 5.82 Å². The fraction of sp³-hybridized carbons (Fsp3) is 0.154. The van der Waals surface area contributed by atoms with Crippen molar-refractivity contribution in [3.63, 3.8) is 0 Å². The normalized spacial score (nSPS) is 10.0. The number of carbonyl (C=O) groups excluding carboxylic acids is 2. The van der Waals surface area contributed by atoms with Crippen LogP contribution in [0, 0.1) is 0 Å². The summed E-state index contributed by atoms with van der Waals surface area (Å²) in [6.07, 6.45) is 3.23. The third kappa shape index (κ3) is 2.62. The summed E-state index contributed by atoms with van der Waals surface area (Å²) in [4.78, 5) is 30.2. The minimum Gasteiger partial charge on any atom is -0.465 e. The Bertz CT molecular complexity index is 571. The van der Waals surface area contributed by atoms with Crippen LogP contribution in [0.2, 0.25) is 0 Å². The molecule has 19 heavy (non-hydrogen) atoms. The van der Waals surface area contributed by atoms with Crippen LogP contribution >= 0.6 is 0 Å². The summed E-state index contributed by atoms with van der Waals surface area (Å²) in [6.45, 7) is 0. The van der Waals surface area contributed by atoms with E-state index >= 15 is 0 Å². The van der Waals surface area contributed by atoms with Gasteiger partial charge in [-0.15, -0.1) is 0 Å². The average Bonchev–Trinajstić information content (AvgIpc) is 2.99. The Kier molecular flexibility index (Phi) is 3.61. The lowest BCUT2D eigenvalue weighted by atomic mass is 10.1. The smallest absolute Gasteiger partial charge is 0.337 e. The molecule has 0 saturated carbocycles. The number of hydrogen-bond donors (Lipinski definition) is 1. The van der Waals surface area contributed by atoms with Crippen LogP contribution in [0.1, 0.15) is 20.7 Å². The van der Waals surface area contributed by atoms with Gasteiger partial charge in [-0.05, 0) is 18.2 Å². The minimum atomic E-state index is -0.529. The maximum atomic E-state index is 11.6. The van der Waals surface area contributed by atoms with E-state index < -0.39 is 11.9 Å². The molecule has 6 nitrogen and oxygen atoms in total. The van der Waals surface area contributed by atoms with Crippen LogP contribution in [-0.4, -0.2) is 36.1 Å². The van der Waals surface area contributed by atoms with Crippen LogP contribution in [0.4, 0.5) is 0 Å². The van der Waals surface area contributed by atoms with E-state index in [9.17, 15) is 9.59 Å². The molecule has 2 aromatic rings. The number of nitrogens with zero attached hydrogens (tertiary/aromatic N) is 1. The van der Waals surface area contributed by atoms with Crippen LogP contribution < -0.4 is 0 Å². The topological polar surface area (TPSA) is 81.3 Å². The van der Waals surface area contributed by atoms with Gasteiger partial charge in [0, 0.05) is 18.0 Å². The molecule has 2 rings (SSSR count). The quantitative estimate of drug-likeness (QED) is 0.848. The zero-order chi connectivity index (χ0) is 13.8. The molecule has 0 bridgehead atoms. The molecule has 1 aromatic heterocycles. The number of esters is 2. The Hall–Kier alpha value is -2.63. The van der Waals surface area contributed by atoms with Gasteiger partial charge >= 0.3 is 11.9 Å². The largest absolute Gasteiger partial charge is 0.465 e. The highest BCUT2D eigenvalue weighted by atomic mass is 16.5. The van der Waals surface area contributed by atoms with Crippen molar-refractivity contribution in [3.05, 3.63) is 41.7 Å². The summed E-state index contributed by atoms with van der Waals surface area (Å²) in [6, 6.07) is 4.61. The molecular formula is C13H12N2O4. The Morgan fingerprint density at radius 3 is 2.05 bits per heavy atom. The predicted molar refractivity (Wildman–Crippen MR) is 66.7 cm³/mol. The predicted octanol–water partition coefficient (Wildman–Crippen LogP) is 1.65. The van der Waals surface area contributed by atoms with E-state index in [0.717, 1.165) is 0 Å². The van der Waals surface area contributed by atoms with E-state index in [1.165, 1.54) is 20.3 Å². The van der Waals surface area contributed by atoms with Crippen molar-refractivity contribution >= 4 is 11.9 Å². The molecule has 0 fully saturated rings. The number of rotatable bonds is 3. The van der Waals surface area contributed by atoms with Crippen molar-refractivity contribution in [2.24, 2.45) is 0 Å². The molecule has 6 heteroatoms. The van der Waals surface area contributed by atoms with E-state index in [1.807, 2.05) is 0 Å². The van der Waals surface area contributed by atoms with Gasteiger partial charge in [-0.25, -0.2) is 14.6 Å². The van der Waals surface area contributed by atoms with Crippen molar-refractivity contribution in [3.8, 4) is 11.4 Å². The van der Waals surface area contributed by atoms with E-state index in [0.29, 0.717) is 11.4 Å². The van der Waals surface area contributed by atoms with Crippen LogP contribution in [0.5, 0.6) is 0 Å². The molecule has 1 aromatic carbocycles. The van der Waals surface area contributed by atoms with Crippen LogP contribution in [0.3, 0.4) is 0 Å². The first-order chi connectivity index (χ1) is 9.15. The van der Waals surface area contributed by atoms with Crippen molar-refractivity contribution in [2.45, 2.75) is 0 Å². The fourth-order valence-electron chi connectivity index (χ4n) is 1.66. The molecule has 0 aliphatic carbocycles. The van der Waals surface area contributed by atoms with Crippen LogP contribution in [0.15, 0.2) is 30.6 Å². The van der Waals surface area contributed by atoms with Crippen molar-refractivity contribution < 1.29 is 19.1 Å². The van der Waals surface area contributed by atoms with Crippen LogP contribution in [-0.2, 0) is 9.47 Å². The molecular weight excluding hydrogens is 248 g/mol. The van der Waals surface area contributed by atoms with Gasteiger partial charge in [-0.3, -0.25) is 0 Å². The number of carbonyl (C=O) groups is 2. The maximum absolute atomic E-state index is 11.6. The van der Waals surface area contributed by atoms with E-state index in [2.05, 4.69) is 19.4 Å².